The van der Waals surface area contributed by atoms with E-state index in [0.717, 1.165) is 0 Å². The van der Waals surface area contributed by atoms with Gasteiger partial charge >= 0.3 is 0 Å². The lowest BCUT2D eigenvalue weighted by atomic mass is 10.0. The van der Waals surface area contributed by atoms with Crippen LogP contribution >= 0.6 is 0 Å². The van der Waals surface area contributed by atoms with Gasteiger partial charge in [-0.05, 0) is 27.7 Å². The van der Waals surface area contributed by atoms with Gasteiger partial charge in [0.15, 0.2) is 0 Å². The van der Waals surface area contributed by atoms with Crippen molar-refractivity contribution in [2.75, 3.05) is 47.8 Å². The Labute approximate surface area is 135 Å². The van der Waals surface area contributed by atoms with Gasteiger partial charge in [0.2, 0.25) is 0 Å². The summed E-state index contributed by atoms with van der Waals surface area (Å²) in [5, 5.41) is 0. The molecule has 0 aliphatic heterocycles. The molecule has 0 amide bonds. The molecule has 134 valence electrons. The predicted molar refractivity (Wildman–Crippen MR) is 85.4 cm³/mol. The summed E-state index contributed by atoms with van der Waals surface area (Å²) in [4.78, 5) is 0. The molecule has 4 atom stereocenters. The van der Waals surface area contributed by atoms with E-state index in [2.05, 4.69) is 0 Å². The zero-order chi connectivity index (χ0) is 17.0. The van der Waals surface area contributed by atoms with Gasteiger partial charge in [0.25, 0.3) is 0 Å². The Morgan fingerprint density at radius 2 is 1.14 bits per heavy atom. The third-order valence-electron chi connectivity index (χ3n) is 3.32. The molecule has 6 nitrogen and oxygen atoms in total. The molecule has 0 saturated heterocycles. The average molecular weight is 322 g/mol. The first-order valence-corrected chi connectivity index (χ1v) is 7.94. The van der Waals surface area contributed by atoms with Crippen LogP contribution in [0.1, 0.15) is 27.7 Å². The monoisotopic (exact) mass is 322 g/mol. The number of hydrogen-bond donors (Lipinski definition) is 0. The fraction of sp³-hybridized carbons (Fsp3) is 1.00. The number of methoxy groups -OCH3 is 3. The summed E-state index contributed by atoms with van der Waals surface area (Å²) in [6, 6.07) is 0. The lowest BCUT2D eigenvalue weighted by Crippen LogP contribution is -2.51. The van der Waals surface area contributed by atoms with Crippen LogP contribution in [0.15, 0.2) is 0 Å². The lowest BCUT2D eigenvalue weighted by molar-refractivity contribution is -0.183. The van der Waals surface area contributed by atoms with Crippen molar-refractivity contribution in [2.24, 2.45) is 0 Å². The Morgan fingerprint density at radius 1 is 0.682 bits per heavy atom. The van der Waals surface area contributed by atoms with Crippen molar-refractivity contribution >= 4 is 0 Å². The Balaban J connectivity index is 5.04. The highest BCUT2D eigenvalue weighted by Crippen LogP contribution is 2.18. The van der Waals surface area contributed by atoms with Gasteiger partial charge in [-0.15, -0.1) is 0 Å². The smallest absolute Gasteiger partial charge is 0.114 e. The van der Waals surface area contributed by atoms with Crippen LogP contribution < -0.4 is 0 Å². The Hall–Kier alpha value is -0.240. The quantitative estimate of drug-likeness (QED) is 0.487. The van der Waals surface area contributed by atoms with Crippen LogP contribution in [0.2, 0.25) is 0 Å². The number of rotatable bonds is 14. The predicted octanol–water partition coefficient (Wildman–Crippen LogP) is 1.90. The van der Waals surface area contributed by atoms with E-state index >= 15 is 0 Å². The van der Waals surface area contributed by atoms with Crippen molar-refractivity contribution in [3.05, 3.63) is 0 Å². The molecule has 0 aromatic heterocycles. The largest absolute Gasteiger partial charge is 0.379 e. The SMILES string of the molecule is CCOCC(OC)C(OC)C(OC)C(COCC)OC(C)C. The minimum absolute atomic E-state index is 0.0634. The Kier molecular flexibility index (Phi) is 13.1. The van der Waals surface area contributed by atoms with Crippen molar-refractivity contribution in [2.45, 2.75) is 58.2 Å². The minimum Gasteiger partial charge on any atom is -0.379 e. The minimum atomic E-state index is -0.315. The molecule has 6 heteroatoms. The van der Waals surface area contributed by atoms with Crippen LogP contribution in [0.25, 0.3) is 0 Å². The van der Waals surface area contributed by atoms with E-state index < -0.39 is 0 Å². The second-order valence-electron chi connectivity index (χ2n) is 5.22. The molecule has 0 spiro atoms. The molecular formula is C16H34O6. The van der Waals surface area contributed by atoms with Gasteiger partial charge in [0.1, 0.15) is 24.4 Å². The molecule has 0 N–H and O–H groups in total. The number of ether oxygens (including phenoxy) is 6. The summed E-state index contributed by atoms with van der Waals surface area (Å²) in [5.74, 6) is 0. The van der Waals surface area contributed by atoms with Gasteiger partial charge in [0, 0.05) is 34.5 Å². The van der Waals surface area contributed by atoms with Gasteiger partial charge in [-0.25, -0.2) is 0 Å². The first-order valence-electron chi connectivity index (χ1n) is 7.94. The van der Waals surface area contributed by atoms with Gasteiger partial charge in [-0.1, -0.05) is 0 Å². The summed E-state index contributed by atoms with van der Waals surface area (Å²) in [6.07, 6.45) is -1.05. The van der Waals surface area contributed by atoms with Crippen LogP contribution in [0.3, 0.4) is 0 Å². The van der Waals surface area contributed by atoms with E-state index in [-0.39, 0.29) is 30.5 Å². The van der Waals surface area contributed by atoms with Gasteiger partial charge < -0.3 is 28.4 Å². The van der Waals surface area contributed by atoms with Crippen LogP contribution in [-0.2, 0) is 28.4 Å². The summed E-state index contributed by atoms with van der Waals surface area (Å²) in [7, 11) is 4.93. The van der Waals surface area contributed by atoms with Gasteiger partial charge in [-0.2, -0.15) is 0 Å². The molecular weight excluding hydrogens is 288 g/mol. The molecule has 0 heterocycles. The highest BCUT2D eigenvalue weighted by atomic mass is 16.6. The molecule has 0 aliphatic carbocycles. The van der Waals surface area contributed by atoms with Crippen LogP contribution in [0.5, 0.6) is 0 Å². The van der Waals surface area contributed by atoms with E-state index in [1.807, 2.05) is 27.7 Å². The standard InChI is InChI=1S/C16H34O6/c1-8-20-10-13(17-5)15(18-6)16(19-7)14(11-21-9-2)22-12(3)4/h12-16H,8-11H2,1-7H3. The topological polar surface area (TPSA) is 55.4 Å². The summed E-state index contributed by atoms with van der Waals surface area (Å²) in [6.45, 7) is 10.0. The fourth-order valence-electron chi connectivity index (χ4n) is 2.32. The summed E-state index contributed by atoms with van der Waals surface area (Å²) < 4.78 is 33.8. The zero-order valence-electron chi connectivity index (χ0n) is 15.2. The first kappa shape index (κ1) is 21.8. The molecule has 0 rings (SSSR count). The molecule has 0 radical (unpaired) electrons. The third-order valence-corrected chi connectivity index (χ3v) is 3.32. The van der Waals surface area contributed by atoms with E-state index in [9.17, 15) is 0 Å². The molecule has 4 unspecified atom stereocenters. The van der Waals surface area contributed by atoms with E-state index in [0.29, 0.717) is 26.4 Å². The van der Waals surface area contributed by atoms with Crippen molar-refractivity contribution in [3.8, 4) is 0 Å². The van der Waals surface area contributed by atoms with Crippen molar-refractivity contribution in [1.82, 2.24) is 0 Å². The zero-order valence-corrected chi connectivity index (χ0v) is 15.2. The van der Waals surface area contributed by atoms with Crippen molar-refractivity contribution in [1.29, 1.82) is 0 Å². The van der Waals surface area contributed by atoms with Crippen LogP contribution in [0.4, 0.5) is 0 Å². The van der Waals surface area contributed by atoms with Crippen molar-refractivity contribution < 1.29 is 28.4 Å². The molecule has 0 aromatic carbocycles. The molecule has 22 heavy (non-hydrogen) atoms. The Bertz CT molecular complexity index is 249. The third kappa shape index (κ3) is 7.85. The van der Waals surface area contributed by atoms with E-state index in [4.69, 9.17) is 28.4 Å². The van der Waals surface area contributed by atoms with Crippen LogP contribution in [0, 0.1) is 0 Å². The first-order chi connectivity index (χ1) is 10.5. The maximum Gasteiger partial charge on any atom is 0.114 e. The lowest BCUT2D eigenvalue weighted by Gasteiger charge is -2.36. The average Bonchev–Trinajstić information content (AvgIpc) is 2.50. The van der Waals surface area contributed by atoms with E-state index in [1.54, 1.807) is 21.3 Å². The highest BCUT2D eigenvalue weighted by molar-refractivity contribution is 4.86. The molecule has 0 bridgehead atoms. The number of hydrogen-bond acceptors (Lipinski definition) is 6. The molecule has 0 saturated carbocycles. The summed E-state index contributed by atoms with van der Waals surface area (Å²) >= 11 is 0. The maximum absolute atomic E-state index is 5.96. The van der Waals surface area contributed by atoms with Crippen LogP contribution in [-0.4, -0.2) is 78.3 Å². The second kappa shape index (κ2) is 13.2. The fourth-order valence-corrected chi connectivity index (χ4v) is 2.32. The second-order valence-corrected chi connectivity index (χ2v) is 5.22. The molecule has 0 aromatic rings. The molecule has 0 aliphatic rings. The van der Waals surface area contributed by atoms with Gasteiger partial charge in [0.05, 0.1) is 19.3 Å². The summed E-state index contributed by atoms with van der Waals surface area (Å²) in [5.41, 5.74) is 0. The van der Waals surface area contributed by atoms with E-state index in [1.165, 1.54) is 0 Å². The maximum atomic E-state index is 5.96. The Morgan fingerprint density at radius 3 is 1.50 bits per heavy atom. The van der Waals surface area contributed by atoms with Crippen molar-refractivity contribution in [3.63, 3.8) is 0 Å². The van der Waals surface area contributed by atoms with Gasteiger partial charge in [-0.3, -0.25) is 0 Å². The molecule has 0 fully saturated rings. The normalized spacial score (nSPS) is 17.5. The highest BCUT2D eigenvalue weighted by Gasteiger charge is 2.37.